The maximum absolute atomic E-state index is 13.1. The van der Waals surface area contributed by atoms with E-state index in [0.717, 1.165) is 35.8 Å². The van der Waals surface area contributed by atoms with Crippen LogP contribution in [0.5, 0.6) is 0 Å². The van der Waals surface area contributed by atoms with Gasteiger partial charge in [-0.25, -0.2) is 17.9 Å². The minimum Gasteiger partial charge on any atom is -0.444 e. The fourth-order valence-electron chi connectivity index (χ4n) is 4.71. The summed E-state index contributed by atoms with van der Waals surface area (Å²) in [5.41, 5.74) is 3.25. The number of sulfonamides is 1. The zero-order chi connectivity index (χ0) is 23.3. The van der Waals surface area contributed by atoms with Crippen LogP contribution < -0.4 is 4.72 Å². The molecule has 7 nitrogen and oxygen atoms in total. The first kappa shape index (κ1) is 23.7. The molecule has 8 heteroatoms. The topological polar surface area (TPSA) is 84.9 Å². The van der Waals surface area contributed by atoms with Gasteiger partial charge in [0.05, 0.1) is 18.9 Å². The Morgan fingerprint density at radius 2 is 1.88 bits per heavy atom. The number of benzene rings is 2. The van der Waals surface area contributed by atoms with Gasteiger partial charge in [0, 0.05) is 19.2 Å². The van der Waals surface area contributed by atoms with Crippen LogP contribution >= 0.6 is 0 Å². The van der Waals surface area contributed by atoms with Crippen LogP contribution in [-0.2, 0) is 25.9 Å². The lowest BCUT2D eigenvalue weighted by atomic mass is 9.90. The normalized spacial score (nSPS) is 23.8. The Morgan fingerprint density at radius 1 is 1.09 bits per heavy atom. The van der Waals surface area contributed by atoms with Crippen molar-refractivity contribution in [1.29, 1.82) is 0 Å². The number of ether oxygens (including phenoxy) is 2. The molecule has 0 aromatic heterocycles. The Balaban J connectivity index is 1.57. The van der Waals surface area contributed by atoms with Gasteiger partial charge in [0.1, 0.15) is 6.10 Å². The van der Waals surface area contributed by atoms with Gasteiger partial charge in [-0.3, -0.25) is 0 Å². The van der Waals surface area contributed by atoms with E-state index in [9.17, 15) is 13.2 Å². The number of carbonyl (C=O) groups excluding carboxylic acids is 1. The predicted octanol–water partition coefficient (Wildman–Crippen LogP) is 3.59. The second kappa shape index (κ2) is 10.7. The van der Waals surface area contributed by atoms with Crippen molar-refractivity contribution in [2.45, 2.75) is 50.3 Å². The largest absolute Gasteiger partial charge is 0.444 e. The number of hydrogen-bond acceptors (Lipinski definition) is 5. The van der Waals surface area contributed by atoms with Gasteiger partial charge >= 0.3 is 6.09 Å². The average molecular weight is 473 g/mol. The fourth-order valence-corrected chi connectivity index (χ4v) is 5.54. The molecule has 3 atom stereocenters. The number of carbonyl (C=O) groups is 1. The molecule has 1 amide bonds. The lowest BCUT2D eigenvalue weighted by molar-refractivity contribution is -0.0343. The summed E-state index contributed by atoms with van der Waals surface area (Å²) in [6.45, 7) is 1.64. The van der Waals surface area contributed by atoms with Crippen LogP contribution in [0, 0.1) is 0 Å². The van der Waals surface area contributed by atoms with E-state index in [1.807, 2.05) is 30.3 Å². The van der Waals surface area contributed by atoms with Crippen LogP contribution in [0.1, 0.15) is 31.2 Å². The number of nitrogens with zero attached hydrogens (tertiary/aromatic N) is 1. The molecule has 2 heterocycles. The van der Waals surface area contributed by atoms with Gasteiger partial charge < -0.3 is 14.4 Å². The van der Waals surface area contributed by atoms with E-state index in [-0.39, 0.29) is 18.2 Å². The second-order valence-electron chi connectivity index (χ2n) is 8.89. The van der Waals surface area contributed by atoms with E-state index in [1.54, 1.807) is 4.90 Å². The van der Waals surface area contributed by atoms with E-state index in [2.05, 4.69) is 29.0 Å². The number of nitrogens with one attached hydrogen (secondary N) is 1. The summed E-state index contributed by atoms with van der Waals surface area (Å²) in [5, 5.41) is 0. The van der Waals surface area contributed by atoms with Crippen molar-refractivity contribution in [3.63, 3.8) is 0 Å². The Bertz CT molecular complexity index is 1040. The predicted molar refractivity (Wildman–Crippen MR) is 127 cm³/mol. The lowest BCUT2D eigenvalue weighted by Gasteiger charge is -2.41. The van der Waals surface area contributed by atoms with Crippen LogP contribution in [0.25, 0.3) is 11.1 Å². The smallest absolute Gasteiger partial charge is 0.410 e. The molecule has 0 saturated carbocycles. The lowest BCUT2D eigenvalue weighted by Crippen LogP contribution is -2.58. The number of rotatable bonds is 6. The van der Waals surface area contributed by atoms with E-state index >= 15 is 0 Å². The van der Waals surface area contributed by atoms with Crippen LogP contribution in [0.2, 0.25) is 0 Å². The van der Waals surface area contributed by atoms with E-state index in [1.165, 1.54) is 0 Å². The highest BCUT2D eigenvalue weighted by Crippen LogP contribution is 2.26. The first-order valence-corrected chi connectivity index (χ1v) is 13.4. The zero-order valence-electron chi connectivity index (χ0n) is 19.0. The second-order valence-corrected chi connectivity index (χ2v) is 10.7. The molecule has 0 radical (unpaired) electrons. The minimum absolute atomic E-state index is 0.253. The van der Waals surface area contributed by atoms with Crippen molar-refractivity contribution in [3.8, 4) is 11.1 Å². The van der Waals surface area contributed by atoms with Crippen LogP contribution in [0.3, 0.4) is 0 Å². The summed E-state index contributed by atoms with van der Waals surface area (Å²) < 4.78 is 38.1. The summed E-state index contributed by atoms with van der Waals surface area (Å²) in [6.07, 6.45) is 4.09. The molecule has 4 rings (SSSR count). The molecule has 1 unspecified atom stereocenters. The fraction of sp³-hybridized carbons (Fsp3) is 0.480. The van der Waals surface area contributed by atoms with Gasteiger partial charge in [-0.1, -0.05) is 54.6 Å². The molecule has 2 aliphatic heterocycles. The summed E-state index contributed by atoms with van der Waals surface area (Å²) in [7, 11) is -3.43. The Labute approximate surface area is 196 Å². The highest BCUT2D eigenvalue weighted by molar-refractivity contribution is 7.88. The first-order valence-electron chi connectivity index (χ1n) is 11.6. The molecule has 2 aliphatic rings. The number of likely N-dealkylation sites (tertiary alicyclic amines) is 1. The Morgan fingerprint density at radius 3 is 2.61 bits per heavy atom. The molecule has 0 spiro atoms. The molecule has 0 aliphatic carbocycles. The standard InChI is InChI=1S/C25H32N2O5S/c1-33(29,30)26-23-13-6-14-27(25(28)32-22-12-7-15-31-18-22)24(23)17-19-8-5-11-21(16-19)20-9-3-2-4-10-20/h2-5,8-11,16,22-24,26H,6-7,12-15,17-18H2,1H3/t22?,23-,24-/m0/s1. The molecular weight excluding hydrogens is 440 g/mol. The van der Waals surface area contributed by atoms with Crippen LogP contribution in [0.4, 0.5) is 4.79 Å². The summed E-state index contributed by atoms with van der Waals surface area (Å²) in [6, 6.07) is 17.6. The van der Waals surface area contributed by atoms with Gasteiger partial charge in [-0.05, 0) is 48.8 Å². The molecule has 2 aromatic carbocycles. The zero-order valence-corrected chi connectivity index (χ0v) is 19.8. The molecule has 33 heavy (non-hydrogen) atoms. The van der Waals surface area contributed by atoms with E-state index in [4.69, 9.17) is 9.47 Å². The van der Waals surface area contributed by atoms with Gasteiger partial charge in [0.25, 0.3) is 0 Å². The average Bonchev–Trinajstić information content (AvgIpc) is 2.80. The van der Waals surface area contributed by atoms with Crippen molar-refractivity contribution in [2.75, 3.05) is 26.0 Å². The molecule has 178 valence electrons. The molecular formula is C25H32N2O5S. The van der Waals surface area contributed by atoms with Crippen LogP contribution in [0.15, 0.2) is 54.6 Å². The van der Waals surface area contributed by atoms with Crippen molar-refractivity contribution in [3.05, 3.63) is 60.2 Å². The molecule has 2 fully saturated rings. The van der Waals surface area contributed by atoms with Crippen molar-refractivity contribution < 1.29 is 22.7 Å². The highest BCUT2D eigenvalue weighted by atomic mass is 32.2. The Kier molecular flexibility index (Phi) is 7.67. The van der Waals surface area contributed by atoms with Gasteiger partial charge in [-0.2, -0.15) is 0 Å². The number of hydrogen-bond donors (Lipinski definition) is 1. The maximum Gasteiger partial charge on any atom is 0.410 e. The Hall–Kier alpha value is -2.42. The third kappa shape index (κ3) is 6.56. The highest BCUT2D eigenvalue weighted by Gasteiger charge is 2.37. The summed E-state index contributed by atoms with van der Waals surface area (Å²) in [5.74, 6) is 0. The van der Waals surface area contributed by atoms with Crippen molar-refractivity contribution >= 4 is 16.1 Å². The third-order valence-corrected chi connectivity index (χ3v) is 6.97. The summed E-state index contributed by atoms with van der Waals surface area (Å²) >= 11 is 0. The first-order chi connectivity index (χ1) is 15.9. The van der Waals surface area contributed by atoms with Gasteiger partial charge in [-0.15, -0.1) is 0 Å². The quantitative estimate of drug-likeness (QED) is 0.695. The SMILES string of the molecule is CS(=O)(=O)N[C@H]1CCCN(C(=O)OC2CCCOC2)[C@H]1Cc1cccc(-c2ccccc2)c1. The van der Waals surface area contributed by atoms with E-state index < -0.39 is 16.1 Å². The minimum atomic E-state index is -3.43. The number of piperidine rings is 1. The molecule has 0 bridgehead atoms. The monoisotopic (exact) mass is 472 g/mol. The molecule has 2 saturated heterocycles. The number of amides is 1. The molecule has 2 aromatic rings. The molecule has 1 N–H and O–H groups in total. The third-order valence-electron chi connectivity index (χ3n) is 6.24. The van der Waals surface area contributed by atoms with Gasteiger partial charge in [0.15, 0.2) is 0 Å². The van der Waals surface area contributed by atoms with Crippen molar-refractivity contribution in [1.82, 2.24) is 9.62 Å². The maximum atomic E-state index is 13.1. The van der Waals surface area contributed by atoms with Crippen LogP contribution in [-0.4, -0.2) is 63.6 Å². The van der Waals surface area contributed by atoms with Gasteiger partial charge in [0.2, 0.25) is 10.0 Å². The summed E-state index contributed by atoms with van der Waals surface area (Å²) in [4.78, 5) is 14.8. The van der Waals surface area contributed by atoms with Crippen molar-refractivity contribution in [2.24, 2.45) is 0 Å². The van der Waals surface area contributed by atoms with E-state index in [0.29, 0.717) is 39.0 Å².